The highest BCUT2D eigenvalue weighted by atomic mass is 19.3. The summed E-state index contributed by atoms with van der Waals surface area (Å²) in [4.78, 5) is 0. The molecule has 3 aromatic carbocycles. The number of hydrogen-bond donors (Lipinski definition) is 0. The van der Waals surface area contributed by atoms with Gasteiger partial charge in [0.1, 0.15) is 23.9 Å². The molecule has 0 aliphatic rings. The molecule has 5 aromatic rings. The van der Waals surface area contributed by atoms with Gasteiger partial charge >= 0.3 is 6.61 Å². The fourth-order valence-electron chi connectivity index (χ4n) is 3.26. The maximum atomic E-state index is 12.3. The Hall–Kier alpha value is -4.20. The fourth-order valence-corrected chi connectivity index (χ4v) is 3.26. The van der Waals surface area contributed by atoms with Crippen molar-refractivity contribution in [3.05, 3.63) is 84.6 Å². The molecule has 5 rings (SSSR count). The lowest BCUT2D eigenvalue weighted by Crippen LogP contribution is -2.01. The van der Waals surface area contributed by atoms with Gasteiger partial charge in [0.05, 0.1) is 0 Å². The minimum atomic E-state index is -2.88. The van der Waals surface area contributed by atoms with E-state index in [2.05, 4.69) is 14.9 Å². The molecule has 0 saturated heterocycles. The first-order valence-electron chi connectivity index (χ1n) is 9.74. The number of ether oxygens (including phenoxy) is 2. The van der Waals surface area contributed by atoms with Crippen molar-refractivity contribution in [2.24, 2.45) is 0 Å². The molecule has 0 radical (unpaired) electrons. The molecule has 0 fully saturated rings. The third-order valence-corrected chi connectivity index (χ3v) is 4.74. The summed E-state index contributed by atoms with van der Waals surface area (Å²) in [6, 6.07) is 23.3. The number of nitrogens with zero attached hydrogens (tertiary/aromatic N) is 2. The maximum Gasteiger partial charge on any atom is 0.387 e. The van der Waals surface area contributed by atoms with Crippen LogP contribution in [0, 0.1) is 0 Å². The van der Waals surface area contributed by atoms with Gasteiger partial charge in [-0.1, -0.05) is 36.4 Å². The number of benzene rings is 3. The van der Waals surface area contributed by atoms with Crippen LogP contribution in [0.4, 0.5) is 8.78 Å². The van der Waals surface area contributed by atoms with Crippen LogP contribution in [-0.2, 0) is 6.61 Å². The standard InChI is InChI=1S/C24H16F2N2O4/c25-24(26)31-17-10-8-16(9-11-17)22-27-28-23(32-22)21-13-12-18(30-21)14-29-20-7-3-5-15-4-1-2-6-19(15)20/h1-13,24H,14H2. The largest absolute Gasteiger partial charge is 0.485 e. The predicted octanol–water partition coefficient (Wildman–Crippen LogP) is 6.33. The highest BCUT2D eigenvalue weighted by molar-refractivity contribution is 5.88. The average molecular weight is 434 g/mol. The molecule has 0 spiro atoms. The smallest absolute Gasteiger partial charge is 0.387 e. The third kappa shape index (κ3) is 4.15. The Kier molecular flexibility index (Phi) is 5.25. The second-order valence-electron chi connectivity index (χ2n) is 6.85. The molecule has 0 bridgehead atoms. The second-order valence-corrected chi connectivity index (χ2v) is 6.85. The highest BCUT2D eigenvalue weighted by Gasteiger charge is 2.15. The van der Waals surface area contributed by atoms with E-state index in [1.165, 1.54) is 12.1 Å². The van der Waals surface area contributed by atoms with Crippen molar-refractivity contribution >= 4 is 10.8 Å². The number of halogens is 2. The van der Waals surface area contributed by atoms with Crippen molar-refractivity contribution in [1.29, 1.82) is 0 Å². The Bertz CT molecular complexity index is 1340. The van der Waals surface area contributed by atoms with E-state index in [0.29, 0.717) is 17.1 Å². The van der Waals surface area contributed by atoms with Crippen LogP contribution in [0.1, 0.15) is 5.76 Å². The lowest BCUT2D eigenvalue weighted by molar-refractivity contribution is -0.0498. The van der Waals surface area contributed by atoms with Crippen LogP contribution >= 0.6 is 0 Å². The lowest BCUT2D eigenvalue weighted by atomic mass is 10.1. The molecular formula is C24H16F2N2O4. The molecule has 32 heavy (non-hydrogen) atoms. The zero-order chi connectivity index (χ0) is 21.9. The van der Waals surface area contributed by atoms with Gasteiger partial charge in [-0.25, -0.2) is 0 Å². The monoisotopic (exact) mass is 434 g/mol. The number of rotatable bonds is 7. The molecule has 0 N–H and O–H groups in total. The normalized spacial score (nSPS) is 11.2. The summed E-state index contributed by atoms with van der Waals surface area (Å²) in [5, 5.41) is 10.1. The molecule has 2 aromatic heterocycles. The first-order valence-corrected chi connectivity index (χ1v) is 9.74. The molecule has 6 nitrogen and oxygen atoms in total. The Balaban J connectivity index is 1.28. The topological polar surface area (TPSA) is 70.5 Å². The summed E-state index contributed by atoms with van der Waals surface area (Å²) in [7, 11) is 0. The van der Waals surface area contributed by atoms with Crippen molar-refractivity contribution in [3.63, 3.8) is 0 Å². The van der Waals surface area contributed by atoms with Gasteiger partial charge in [0.25, 0.3) is 5.89 Å². The van der Waals surface area contributed by atoms with E-state index < -0.39 is 6.61 Å². The van der Waals surface area contributed by atoms with Crippen molar-refractivity contribution < 1.29 is 27.1 Å². The first kappa shape index (κ1) is 19.7. The van der Waals surface area contributed by atoms with E-state index in [4.69, 9.17) is 13.6 Å². The summed E-state index contributed by atoms with van der Waals surface area (Å²) < 4.78 is 46.3. The van der Waals surface area contributed by atoms with Gasteiger partial charge in [-0.2, -0.15) is 8.78 Å². The predicted molar refractivity (Wildman–Crippen MR) is 112 cm³/mol. The minimum Gasteiger partial charge on any atom is -0.485 e. The van der Waals surface area contributed by atoms with E-state index in [9.17, 15) is 8.78 Å². The van der Waals surface area contributed by atoms with Gasteiger partial charge in [-0.15, -0.1) is 10.2 Å². The van der Waals surface area contributed by atoms with Gasteiger partial charge in [0.15, 0.2) is 5.76 Å². The summed E-state index contributed by atoms with van der Waals surface area (Å²) in [5.74, 6) is 2.24. The van der Waals surface area contributed by atoms with Crippen molar-refractivity contribution in [3.8, 4) is 34.6 Å². The van der Waals surface area contributed by atoms with E-state index in [1.807, 2.05) is 42.5 Å². The molecule has 0 unspecified atom stereocenters. The second kappa shape index (κ2) is 8.50. The number of hydrogen-bond acceptors (Lipinski definition) is 6. The van der Waals surface area contributed by atoms with Gasteiger partial charge in [-0.05, 0) is 47.9 Å². The minimum absolute atomic E-state index is 0.0466. The molecule has 0 atom stereocenters. The van der Waals surface area contributed by atoms with Gasteiger partial charge < -0.3 is 18.3 Å². The van der Waals surface area contributed by atoms with E-state index >= 15 is 0 Å². The van der Waals surface area contributed by atoms with Crippen LogP contribution in [-0.4, -0.2) is 16.8 Å². The Labute approximate surface area is 181 Å². The Morgan fingerprint density at radius 1 is 0.781 bits per heavy atom. The number of aromatic nitrogens is 2. The van der Waals surface area contributed by atoms with Crippen LogP contribution in [0.5, 0.6) is 11.5 Å². The first-order chi connectivity index (χ1) is 15.7. The van der Waals surface area contributed by atoms with E-state index in [1.54, 1.807) is 24.3 Å². The summed E-state index contributed by atoms with van der Waals surface area (Å²) in [6.07, 6.45) is 0. The summed E-state index contributed by atoms with van der Waals surface area (Å²) in [6.45, 7) is -2.64. The molecule has 0 saturated carbocycles. The zero-order valence-electron chi connectivity index (χ0n) is 16.6. The third-order valence-electron chi connectivity index (χ3n) is 4.74. The summed E-state index contributed by atoms with van der Waals surface area (Å²) >= 11 is 0. The zero-order valence-corrected chi connectivity index (χ0v) is 16.6. The van der Waals surface area contributed by atoms with Gasteiger partial charge in [0.2, 0.25) is 5.89 Å². The summed E-state index contributed by atoms with van der Waals surface area (Å²) in [5.41, 5.74) is 0.566. The van der Waals surface area contributed by atoms with Crippen molar-refractivity contribution in [1.82, 2.24) is 10.2 Å². The van der Waals surface area contributed by atoms with Crippen molar-refractivity contribution in [2.45, 2.75) is 13.2 Å². The molecule has 0 aliphatic carbocycles. The van der Waals surface area contributed by atoms with E-state index in [-0.39, 0.29) is 24.1 Å². The number of fused-ring (bicyclic) bond motifs is 1. The number of alkyl halides is 2. The van der Waals surface area contributed by atoms with Crippen LogP contribution in [0.25, 0.3) is 33.9 Å². The van der Waals surface area contributed by atoms with E-state index in [0.717, 1.165) is 16.5 Å². The van der Waals surface area contributed by atoms with Crippen molar-refractivity contribution in [2.75, 3.05) is 0 Å². The Morgan fingerprint density at radius 3 is 2.41 bits per heavy atom. The molecule has 2 heterocycles. The van der Waals surface area contributed by atoms with Crippen LogP contribution in [0.2, 0.25) is 0 Å². The highest BCUT2D eigenvalue weighted by Crippen LogP contribution is 2.29. The maximum absolute atomic E-state index is 12.3. The molecule has 0 amide bonds. The van der Waals surface area contributed by atoms with Gasteiger partial charge in [0, 0.05) is 10.9 Å². The van der Waals surface area contributed by atoms with Crippen LogP contribution in [0.15, 0.2) is 87.7 Å². The lowest BCUT2D eigenvalue weighted by Gasteiger charge is -2.07. The Morgan fingerprint density at radius 2 is 1.56 bits per heavy atom. The van der Waals surface area contributed by atoms with Crippen LogP contribution in [0.3, 0.4) is 0 Å². The quantitative estimate of drug-likeness (QED) is 0.298. The fraction of sp³-hybridized carbons (Fsp3) is 0.0833. The molecule has 160 valence electrons. The van der Waals surface area contributed by atoms with Gasteiger partial charge in [-0.3, -0.25) is 0 Å². The van der Waals surface area contributed by atoms with Crippen LogP contribution < -0.4 is 9.47 Å². The number of furan rings is 1. The average Bonchev–Trinajstić information content (AvgIpc) is 3.48. The SMILES string of the molecule is FC(F)Oc1ccc(-c2nnc(-c3ccc(COc4cccc5ccccc45)o3)o2)cc1. The molecular weight excluding hydrogens is 418 g/mol. The molecule has 0 aliphatic heterocycles. The molecule has 8 heteroatoms.